The minimum Gasteiger partial charge on any atom is -0.310 e. The van der Waals surface area contributed by atoms with Crippen LogP contribution in [-0.4, -0.2) is 6.54 Å². The van der Waals surface area contributed by atoms with Crippen LogP contribution in [0.5, 0.6) is 0 Å². The Morgan fingerprint density at radius 1 is 1.30 bits per heavy atom. The van der Waals surface area contributed by atoms with Gasteiger partial charge < -0.3 is 5.32 Å². The van der Waals surface area contributed by atoms with Crippen LogP contribution >= 0.6 is 11.3 Å². The molecule has 0 aliphatic heterocycles. The Morgan fingerprint density at radius 2 is 2.15 bits per heavy atom. The van der Waals surface area contributed by atoms with Crippen LogP contribution in [-0.2, 0) is 6.42 Å². The Kier molecular flexibility index (Phi) is 5.74. The molecule has 0 aliphatic rings. The summed E-state index contributed by atoms with van der Waals surface area (Å²) in [5, 5.41) is 5.52. The molecule has 20 heavy (non-hydrogen) atoms. The number of benzene rings is 1. The molecule has 1 N–H and O–H groups in total. The van der Waals surface area contributed by atoms with Gasteiger partial charge >= 0.3 is 0 Å². The summed E-state index contributed by atoms with van der Waals surface area (Å²) >= 11 is 1.79. The lowest BCUT2D eigenvalue weighted by Gasteiger charge is -2.19. The smallest absolute Gasteiger partial charge is 0.127 e. The summed E-state index contributed by atoms with van der Waals surface area (Å²) in [6, 6.07) is 9.73. The van der Waals surface area contributed by atoms with E-state index in [4.69, 9.17) is 0 Å². The molecule has 0 spiro atoms. The second-order valence-electron chi connectivity index (χ2n) is 5.11. The largest absolute Gasteiger partial charge is 0.310 e. The van der Waals surface area contributed by atoms with E-state index >= 15 is 0 Å². The van der Waals surface area contributed by atoms with Crippen LogP contribution in [0, 0.1) is 12.7 Å². The van der Waals surface area contributed by atoms with Crippen molar-refractivity contribution in [3.8, 4) is 0 Å². The molecule has 1 aromatic heterocycles. The molecule has 2 rings (SSSR count). The van der Waals surface area contributed by atoms with Gasteiger partial charge in [0.2, 0.25) is 0 Å². The molecule has 2 aromatic rings. The van der Waals surface area contributed by atoms with Crippen LogP contribution in [0.2, 0.25) is 0 Å². The molecule has 0 radical (unpaired) electrons. The Labute approximate surface area is 124 Å². The molecule has 108 valence electrons. The fourth-order valence-electron chi connectivity index (χ4n) is 2.48. The maximum atomic E-state index is 14.0. The Bertz CT molecular complexity index is 522. The van der Waals surface area contributed by atoms with Crippen molar-refractivity contribution >= 4 is 11.3 Å². The fourth-order valence-corrected chi connectivity index (χ4v) is 3.23. The molecule has 1 aromatic carbocycles. The van der Waals surface area contributed by atoms with Gasteiger partial charge in [-0.25, -0.2) is 4.39 Å². The molecular weight excluding hydrogens is 269 g/mol. The van der Waals surface area contributed by atoms with Gasteiger partial charge in [-0.3, -0.25) is 0 Å². The van der Waals surface area contributed by atoms with Crippen molar-refractivity contribution in [3.63, 3.8) is 0 Å². The molecule has 1 nitrogen and oxygen atoms in total. The average Bonchev–Trinajstić information content (AvgIpc) is 2.94. The topological polar surface area (TPSA) is 12.0 Å². The second kappa shape index (κ2) is 7.55. The summed E-state index contributed by atoms with van der Waals surface area (Å²) < 4.78 is 14.0. The van der Waals surface area contributed by atoms with Crippen LogP contribution in [0.4, 0.5) is 4.39 Å². The third kappa shape index (κ3) is 4.15. The minimum atomic E-state index is -0.0994. The molecular formula is C17H22FNS. The van der Waals surface area contributed by atoms with E-state index in [1.54, 1.807) is 17.4 Å². The molecule has 0 saturated carbocycles. The van der Waals surface area contributed by atoms with E-state index in [0.29, 0.717) is 0 Å². The zero-order chi connectivity index (χ0) is 14.4. The number of nitrogens with one attached hydrogen (secondary N) is 1. The third-order valence-corrected chi connectivity index (χ3v) is 4.41. The highest BCUT2D eigenvalue weighted by molar-refractivity contribution is 7.09. The number of aryl methyl sites for hydroxylation is 2. The number of rotatable bonds is 7. The molecule has 1 unspecified atom stereocenters. The highest BCUT2D eigenvalue weighted by Crippen LogP contribution is 2.24. The van der Waals surface area contributed by atoms with Crippen LogP contribution in [0.15, 0.2) is 35.7 Å². The van der Waals surface area contributed by atoms with Crippen LogP contribution in [0.25, 0.3) is 0 Å². The van der Waals surface area contributed by atoms with Crippen LogP contribution < -0.4 is 5.32 Å². The van der Waals surface area contributed by atoms with E-state index in [1.165, 1.54) is 4.88 Å². The molecule has 1 atom stereocenters. The predicted molar refractivity (Wildman–Crippen MR) is 84.8 cm³/mol. The first-order chi connectivity index (χ1) is 9.70. The van der Waals surface area contributed by atoms with E-state index < -0.39 is 0 Å². The zero-order valence-electron chi connectivity index (χ0n) is 12.2. The first kappa shape index (κ1) is 15.2. The van der Waals surface area contributed by atoms with E-state index in [1.807, 2.05) is 19.1 Å². The lowest BCUT2D eigenvalue weighted by atomic mass is 9.98. The van der Waals surface area contributed by atoms with Gasteiger partial charge in [-0.05, 0) is 50.2 Å². The lowest BCUT2D eigenvalue weighted by Crippen LogP contribution is -2.22. The van der Waals surface area contributed by atoms with E-state index in [2.05, 4.69) is 29.8 Å². The van der Waals surface area contributed by atoms with Gasteiger partial charge in [0, 0.05) is 16.5 Å². The summed E-state index contributed by atoms with van der Waals surface area (Å²) in [7, 11) is 0. The molecule has 0 amide bonds. The summed E-state index contributed by atoms with van der Waals surface area (Å²) in [4.78, 5) is 1.41. The van der Waals surface area contributed by atoms with Crippen molar-refractivity contribution in [1.82, 2.24) is 5.32 Å². The predicted octanol–water partition coefficient (Wildman–Crippen LogP) is 4.87. The third-order valence-electron chi connectivity index (χ3n) is 3.47. The van der Waals surface area contributed by atoms with Crippen molar-refractivity contribution in [1.29, 1.82) is 0 Å². The first-order valence-corrected chi connectivity index (χ1v) is 8.10. The molecule has 1 heterocycles. The van der Waals surface area contributed by atoms with E-state index in [9.17, 15) is 4.39 Å². The Balaban J connectivity index is 2.00. The highest BCUT2D eigenvalue weighted by Gasteiger charge is 2.14. The second-order valence-corrected chi connectivity index (χ2v) is 6.14. The summed E-state index contributed by atoms with van der Waals surface area (Å²) in [6.07, 6.45) is 3.12. The first-order valence-electron chi connectivity index (χ1n) is 7.22. The van der Waals surface area contributed by atoms with Crippen LogP contribution in [0.1, 0.15) is 41.8 Å². The van der Waals surface area contributed by atoms with Gasteiger partial charge in [0.15, 0.2) is 0 Å². The van der Waals surface area contributed by atoms with Gasteiger partial charge in [-0.2, -0.15) is 0 Å². The molecule has 0 saturated heterocycles. The number of hydrogen-bond donors (Lipinski definition) is 1. The van der Waals surface area contributed by atoms with Gasteiger partial charge in [0.25, 0.3) is 0 Å². The molecule has 0 fully saturated rings. The Hall–Kier alpha value is -1.19. The van der Waals surface area contributed by atoms with Crippen molar-refractivity contribution in [3.05, 3.63) is 57.5 Å². The van der Waals surface area contributed by atoms with Crippen molar-refractivity contribution in [2.24, 2.45) is 0 Å². The van der Waals surface area contributed by atoms with Crippen molar-refractivity contribution < 1.29 is 4.39 Å². The number of halogens is 1. The lowest BCUT2D eigenvalue weighted by molar-refractivity contribution is 0.473. The average molecular weight is 291 g/mol. The highest BCUT2D eigenvalue weighted by atomic mass is 32.1. The van der Waals surface area contributed by atoms with E-state index in [0.717, 1.165) is 36.9 Å². The SMILES string of the molecule is CCNC(CCCc1cccs1)c1cc(C)ccc1F. The summed E-state index contributed by atoms with van der Waals surface area (Å²) in [5.74, 6) is -0.0994. The van der Waals surface area contributed by atoms with Crippen molar-refractivity contribution in [2.75, 3.05) is 6.54 Å². The standard InChI is InChI=1S/C17H22FNS/c1-3-19-17(8-4-6-14-7-5-11-20-14)15-12-13(2)9-10-16(15)18/h5,7,9-12,17,19H,3-4,6,8H2,1-2H3. The van der Waals surface area contributed by atoms with Gasteiger partial charge in [0.05, 0.1) is 0 Å². The molecule has 3 heteroatoms. The van der Waals surface area contributed by atoms with Gasteiger partial charge in [0.1, 0.15) is 5.82 Å². The summed E-state index contributed by atoms with van der Waals surface area (Å²) in [5.41, 5.74) is 1.92. The molecule has 0 bridgehead atoms. The minimum absolute atomic E-state index is 0.0994. The maximum Gasteiger partial charge on any atom is 0.127 e. The number of thiophene rings is 1. The summed E-state index contributed by atoms with van der Waals surface area (Å²) in [6.45, 7) is 4.94. The molecule has 0 aliphatic carbocycles. The number of hydrogen-bond acceptors (Lipinski definition) is 2. The van der Waals surface area contributed by atoms with Gasteiger partial charge in [-0.1, -0.05) is 30.7 Å². The fraction of sp³-hybridized carbons (Fsp3) is 0.412. The monoisotopic (exact) mass is 291 g/mol. The quantitative estimate of drug-likeness (QED) is 0.767. The van der Waals surface area contributed by atoms with E-state index in [-0.39, 0.29) is 11.9 Å². The Morgan fingerprint density at radius 3 is 2.85 bits per heavy atom. The van der Waals surface area contributed by atoms with Crippen LogP contribution in [0.3, 0.4) is 0 Å². The van der Waals surface area contributed by atoms with Crippen molar-refractivity contribution in [2.45, 2.75) is 39.2 Å². The zero-order valence-corrected chi connectivity index (χ0v) is 13.0. The normalized spacial score (nSPS) is 12.6. The maximum absolute atomic E-state index is 14.0. The van der Waals surface area contributed by atoms with Gasteiger partial charge in [-0.15, -0.1) is 11.3 Å².